The number of hydrogen-bond acceptors (Lipinski definition) is 5. The van der Waals surface area contributed by atoms with Gasteiger partial charge in [0.25, 0.3) is 0 Å². The van der Waals surface area contributed by atoms with Crippen molar-refractivity contribution in [2.75, 3.05) is 7.11 Å². The Kier molecular flexibility index (Phi) is 5.16. The van der Waals surface area contributed by atoms with E-state index in [0.717, 1.165) is 45.8 Å². The van der Waals surface area contributed by atoms with Gasteiger partial charge in [-0.25, -0.2) is 9.50 Å². The molecule has 0 saturated heterocycles. The van der Waals surface area contributed by atoms with Crippen molar-refractivity contribution in [3.8, 4) is 28.3 Å². The Bertz CT molecular complexity index is 1480. The maximum Gasteiger partial charge on any atom is 0.118 e. The molecule has 6 rings (SSSR count). The lowest BCUT2D eigenvalue weighted by Gasteiger charge is -2.27. The molecule has 8 nitrogen and oxygen atoms in total. The Hall–Kier alpha value is -3.94. The number of benzene rings is 1. The maximum absolute atomic E-state index is 5.25. The molecule has 1 fully saturated rings. The molecule has 1 aliphatic carbocycles. The molecule has 0 amide bonds. The number of ether oxygens (including phenoxy) is 1. The van der Waals surface area contributed by atoms with Crippen molar-refractivity contribution in [1.29, 1.82) is 0 Å². The van der Waals surface area contributed by atoms with Gasteiger partial charge in [-0.15, -0.1) is 0 Å². The summed E-state index contributed by atoms with van der Waals surface area (Å²) in [6, 6.07) is 10.4. The molecule has 1 unspecified atom stereocenters. The number of aromatic nitrogens is 7. The van der Waals surface area contributed by atoms with Gasteiger partial charge in [0.1, 0.15) is 5.75 Å². The maximum atomic E-state index is 5.25. The van der Waals surface area contributed by atoms with E-state index in [1.807, 2.05) is 58.4 Å². The van der Waals surface area contributed by atoms with Crippen LogP contribution >= 0.6 is 0 Å². The number of fused-ring (bicyclic) bond motifs is 1. The molecule has 0 bridgehead atoms. The summed E-state index contributed by atoms with van der Waals surface area (Å²) >= 11 is 0. The van der Waals surface area contributed by atoms with Gasteiger partial charge in [-0.05, 0) is 42.0 Å². The molecule has 5 aromatic rings. The van der Waals surface area contributed by atoms with Gasteiger partial charge in [0.05, 0.1) is 61.4 Å². The van der Waals surface area contributed by atoms with Crippen LogP contribution in [0.1, 0.15) is 44.7 Å². The van der Waals surface area contributed by atoms with E-state index in [1.54, 1.807) is 7.11 Å². The van der Waals surface area contributed by atoms with E-state index >= 15 is 0 Å². The fourth-order valence-electron chi connectivity index (χ4n) is 5.21. The highest BCUT2D eigenvalue weighted by molar-refractivity contribution is 5.78. The average Bonchev–Trinajstić information content (AvgIpc) is 3.65. The van der Waals surface area contributed by atoms with Crippen LogP contribution in [-0.2, 0) is 6.54 Å². The van der Waals surface area contributed by atoms with E-state index in [0.29, 0.717) is 12.6 Å². The Labute approximate surface area is 204 Å². The number of rotatable bonds is 6. The minimum absolute atomic E-state index is 0.253. The van der Waals surface area contributed by atoms with Crippen molar-refractivity contribution < 1.29 is 4.74 Å². The second-order valence-corrected chi connectivity index (χ2v) is 10.0. The van der Waals surface area contributed by atoms with Crippen LogP contribution in [0.15, 0.2) is 67.5 Å². The van der Waals surface area contributed by atoms with E-state index in [4.69, 9.17) is 14.8 Å². The highest BCUT2D eigenvalue weighted by Crippen LogP contribution is 2.45. The van der Waals surface area contributed by atoms with Crippen molar-refractivity contribution in [2.45, 2.75) is 45.7 Å². The molecule has 4 aromatic heterocycles. The van der Waals surface area contributed by atoms with Crippen LogP contribution in [0.3, 0.4) is 0 Å². The summed E-state index contributed by atoms with van der Waals surface area (Å²) in [5.41, 5.74) is 6.02. The SMILES string of the molecule is COc1ccc(Cn2cc(-c3cn4nccc4c(-c4cnn(C5CCCC5(C)C)c4)n3)cn2)cc1. The summed E-state index contributed by atoms with van der Waals surface area (Å²) in [6.45, 7) is 5.35. The molecule has 4 heterocycles. The van der Waals surface area contributed by atoms with Crippen LogP contribution in [0.4, 0.5) is 0 Å². The minimum Gasteiger partial charge on any atom is -0.497 e. The van der Waals surface area contributed by atoms with Crippen molar-refractivity contribution in [3.63, 3.8) is 0 Å². The summed E-state index contributed by atoms with van der Waals surface area (Å²) in [5.74, 6) is 0.846. The summed E-state index contributed by atoms with van der Waals surface area (Å²) < 4.78 is 11.2. The van der Waals surface area contributed by atoms with E-state index < -0.39 is 0 Å². The Balaban J connectivity index is 1.32. The summed E-state index contributed by atoms with van der Waals surface area (Å²) in [4.78, 5) is 5.05. The van der Waals surface area contributed by atoms with E-state index in [1.165, 1.54) is 12.8 Å². The van der Waals surface area contributed by atoms with Crippen molar-refractivity contribution in [3.05, 3.63) is 73.1 Å². The molecule has 0 N–H and O–H groups in total. The van der Waals surface area contributed by atoms with Crippen LogP contribution in [0.2, 0.25) is 0 Å². The zero-order valence-electron chi connectivity index (χ0n) is 20.3. The monoisotopic (exact) mass is 467 g/mol. The van der Waals surface area contributed by atoms with Gasteiger partial charge >= 0.3 is 0 Å². The Morgan fingerprint density at radius 3 is 2.57 bits per heavy atom. The molecular weight excluding hydrogens is 438 g/mol. The molecule has 1 saturated carbocycles. The highest BCUT2D eigenvalue weighted by atomic mass is 16.5. The van der Waals surface area contributed by atoms with Gasteiger partial charge in [0.15, 0.2) is 0 Å². The van der Waals surface area contributed by atoms with Crippen LogP contribution in [0, 0.1) is 5.41 Å². The summed E-state index contributed by atoms with van der Waals surface area (Å²) in [7, 11) is 1.67. The standard InChI is InChI=1S/C27H29N7O/c1-27(2)11-4-5-25(27)34-17-21(14-30-34)26-24-10-12-28-33(24)18-23(31-26)20-13-29-32(16-20)15-19-6-8-22(35-3)9-7-19/h6-10,12-14,16-18,25H,4-5,11,15H2,1-3H3. The quantitative estimate of drug-likeness (QED) is 0.340. The average molecular weight is 468 g/mol. The highest BCUT2D eigenvalue weighted by Gasteiger charge is 2.36. The van der Waals surface area contributed by atoms with Gasteiger partial charge in [-0.3, -0.25) is 9.36 Å². The van der Waals surface area contributed by atoms with E-state index in [9.17, 15) is 0 Å². The van der Waals surface area contributed by atoms with Gasteiger partial charge in [0, 0.05) is 23.5 Å². The van der Waals surface area contributed by atoms with Crippen LogP contribution in [0.25, 0.3) is 28.0 Å². The fraction of sp³-hybridized carbons (Fsp3) is 0.333. The third-order valence-electron chi connectivity index (χ3n) is 7.22. The molecule has 35 heavy (non-hydrogen) atoms. The number of methoxy groups -OCH3 is 1. The van der Waals surface area contributed by atoms with Crippen LogP contribution in [-0.4, -0.2) is 41.3 Å². The molecule has 1 aromatic carbocycles. The third kappa shape index (κ3) is 3.99. The summed E-state index contributed by atoms with van der Waals surface area (Å²) in [6.07, 6.45) is 15.4. The van der Waals surface area contributed by atoms with Crippen LogP contribution < -0.4 is 4.74 Å². The van der Waals surface area contributed by atoms with Gasteiger partial charge in [0.2, 0.25) is 0 Å². The van der Waals surface area contributed by atoms with E-state index in [2.05, 4.69) is 47.1 Å². The van der Waals surface area contributed by atoms with E-state index in [-0.39, 0.29) is 5.41 Å². The zero-order valence-corrected chi connectivity index (χ0v) is 20.3. The molecule has 1 atom stereocenters. The number of nitrogens with zero attached hydrogens (tertiary/aromatic N) is 7. The van der Waals surface area contributed by atoms with Crippen molar-refractivity contribution in [2.24, 2.45) is 5.41 Å². The van der Waals surface area contributed by atoms with Gasteiger partial charge in [-0.1, -0.05) is 32.4 Å². The minimum atomic E-state index is 0.253. The summed E-state index contributed by atoms with van der Waals surface area (Å²) in [5, 5.41) is 13.8. The molecular formula is C27H29N7O. The second-order valence-electron chi connectivity index (χ2n) is 10.0. The van der Waals surface area contributed by atoms with Gasteiger partial charge in [-0.2, -0.15) is 15.3 Å². The molecule has 178 valence electrons. The predicted molar refractivity (Wildman–Crippen MR) is 134 cm³/mol. The normalized spacial score (nSPS) is 17.3. The first-order valence-corrected chi connectivity index (χ1v) is 12.0. The Morgan fingerprint density at radius 2 is 1.80 bits per heavy atom. The first-order valence-electron chi connectivity index (χ1n) is 12.0. The number of hydrogen-bond donors (Lipinski definition) is 0. The first-order chi connectivity index (χ1) is 17.0. The molecule has 0 spiro atoms. The third-order valence-corrected chi connectivity index (χ3v) is 7.22. The topological polar surface area (TPSA) is 75.1 Å². The fourth-order valence-corrected chi connectivity index (χ4v) is 5.21. The van der Waals surface area contributed by atoms with Crippen LogP contribution in [0.5, 0.6) is 5.75 Å². The lowest BCUT2D eigenvalue weighted by atomic mass is 9.87. The van der Waals surface area contributed by atoms with Gasteiger partial charge < -0.3 is 4.74 Å². The zero-order chi connectivity index (χ0) is 24.0. The molecule has 0 radical (unpaired) electrons. The van der Waals surface area contributed by atoms with Crippen molar-refractivity contribution >= 4 is 5.52 Å². The largest absolute Gasteiger partial charge is 0.497 e. The Morgan fingerprint density at radius 1 is 0.971 bits per heavy atom. The second kappa shape index (κ2) is 8.37. The van der Waals surface area contributed by atoms with Crippen molar-refractivity contribution in [1.82, 2.24) is 34.2 Å². The predicted octanol–water partition coefficient (Wildman–Crippen LogP) is 5.26. The molecule has 8 heteroatoms. The lowest BCUT2D eigenvalue weighted by molar-refractivity contribution is 0.243. The molecule has 0 aliphatic heterocycles. The first kappa shape index (κ1) is 21.6. The molecule has 1 aliphatic rings. The lowest BCUT2D eigenvalue weighted by Crippen LogP contribution is -2.21. The smallest absolute Gasteiger partial charge is 0.118 e.